The molecule has 1 aliphatic rings. The molecule has 1 N–H and O–H groups in total. The first-order valence-corrected chi connectivity index (χ1v) is 7.58. The van der Waals surface area contributed by atoms with Crippen molar-refractivity contribution in [2.24, 2.45) is 0 Å². The van der Waals surface area contributed by atoms with Crippen molar-refractivity contribution in [2.45, 2.75) is 11.8 Å². The molecule has 1 saturated heterocycles. The van der Waals surface area contributed by atoms with Crippen LogP contribution in [0.15, 0.2) is 24.3 Å². The summed E-state index contributed by atoms with van der Waals surface area (Å²) in [6.45, 7) is 1.82. The quantitative estimate of drug-likeness (QED) is 0.870. The molecule has 1 fully saturated rings. The van der Waals surface area contributed by atoms with Gasteiger partial charge in [0.05, 0.1) is 26.4 Å². The van der Waals surface area contributed by atoms with E-state index in [1.807, 2.05) is 4.90 Å². The standard InChI is InChI=1S/C14H19FN2OS/c1-16(2)8-3-9-17-13(18)10-19-14(17)11-4-6-12(15)7-5-11/h4-7,14H,3,8-10H2,1-2H3/p+1/t14-/m0/s1. The summed E-state index contributed by atoms with van der Waals surface area (Å²) in [4.78, 5) is 15.2. The molecule has 1 aromatic rings. The van der Waals surface area contributed by atoms with Gasteiger partial charge in [0.25, 0.3) is 0 Å². The lowest BCUT2D eigenvalue weighted by Crippen LogP contribution is -3.05. The average molecular weight is 283 g/mol. The van der Waals surface area contributed by atoms with Gasteiger partial charge in [0.2, 0.25) is 5.91 Å². The Hall–Kier alpha value is -1.07. The number of carbonyl (C=O) groups excluding carboxylic acids is 1. The van der Waals surface area contributed by atoms with Crippen LogP contribution >= 0.6 is 11.8 Å². The molecule has 3 nitrogen and oxygen atoms in total. The Labute approximate surface area is 117 Å². The zero-order chi connectivity index (χ0) is 13.8. The van der Waals surface area contributed by atoms with E-state index in [1.54, 1.807) is 23.9 Å². The highest BCUT2D eigenvalue weighted by Gasteiger charge is 2.32. The van der Waals surface area contributed by atoms with Crippen molar-refractivity contribution in [1.29, 1.82) is 0 Å². The zero-order valence-electron chi connectivity index (χ0n) is 11.4. The van der Waals surface area contributed by atoms with Gasteiger partial charge in [-0.05, 0) is 17.7 Å². The van der Waals surface area contributed by atoms with Gasteiger partial charge in [0, 0.05) is 13.0 Å². The van der Waals surface area contributed by atoms with E-state index in [9.17, 15) is 9.18 Å². The van der Waals surface area contributed by atoms with Crippen LogP contribution < -0.4 is 4.90 Å². The summed E-state index contributed by atoms with van der Waals surface area (Å²) < 4.78 is 12.9. The van der Waals surface area contributed by atoms with Gasteiger partial charge < -0.3 is 9.80 Å². The molecule has 1 aliphatic heterocycles. The lowest BCUT2D eigenvalue weighted by atomic mass is 10.2. The highest BCUT2D eigenvalue weighted by molar-refractivity contribution is 8.00. The second-order valence-electron chi connectivity index (χ2n) is 5.11. The Morgan fingerprint density at radius 1 is 1.37 bits per heavy atom. The van der Waals surface area contributed by atoms with Crippen LogP contribution in [-0.4, -0.2) is 43.7 Å². The summed E-state index contributed by atoms with van der Waals surface area (Å²) in [5.74, 6) is 0.477. The second kappa shape index (κ2) is 6.39. The number of quaternary nitrogens is 1. The Morgan fingerprint density at radius 3 is 2.68 bits per heavy atom. The second-order valence-corrected chi connectivity index (χ2v) is 6.18. The number of thioether (sulfide) groups is 1. The highest BCUT2D eigenvalue weighted by Crippen LogP contribution is 2.38. The maximum Gasteiger partial charge on any atom is 0.233 e. The van der Waals surface area contributed by atoms with Crippen LogP contribution in [-0.2, 0) is 4.79 Å². The van der Waals surface area contributed by atoms with Crippen molar-refractivity contribution < 1.29 is 14.1 Å². The average Bonchev–Trinajstić information content (AvgIpc) is 2.72. The lowest BCUT2D eigenvalue weighted by Gasteiger charge is -2.24. The lowest BCUT2D eigenvalue weighted by molar-refractivity contribution is -0.858. The number of carbonyl (C=O) groups is 1. The topological polar surface area (TPSA) is 24.8 Å². The summed E-state index contributed by atoms with van der Waals surface area (Å²) in [5.41, 5.74) is 1.01. The molecule has 0 saturated carbocycles. The SMILES string of the molecule is C[NH+](C)CCCN1C(=O)CS[C@H]1c1ccc(F)cc1. The number of halogens is 1. The van der Waals surface area contributed by atoms with Crippen LogP contribution in [0.1, 0.15) is 17.4 Å². The molecule has 0 aliphatic carbocycles. The minimum atomic E-state index is -0.235. The van der Waals surface area contributed by atoms with Crippen LogP contribution in [0.2, 0.25) is 0 Å². The molecule has 1 amide bonds. The summed E-state index contributed by atoms with van der Waals surface area (Å²) in [6, 6.07) is 6.47. The van der Waals surface area contributed by atoms with Crippen molar-refractivity contribution in [3.63, 3.8) is 0 Å². The van der Waals surface area contributed by atoms with Crippen molar-refractivity contribution in [2.75, 3.05) is 32.9 Å². The monoisotopic (exact) mass is 283 g/mol. The van der Waals surface area contributed by atoms with Gasteiger partial charge in [-0.2, -0.15) is 0 Å². The Morgan fingerprint density at radius 2 is 2.05 bits per heavy atom. The molecule has 0 unspecified atom stereocenters. The van der Waals surface area contributed by atoms with Gasteiger partial charge in [0.15, 0.2) is 0 Å². The first-order chi connectivity index (χ1) is 9.08. The van der Waals surface area contributed by atoms with E-state index in [4.69, 9.17) is 0 Å². The molecule has 0 spiro atoms. The van der Waals surface area contributed by atoms with E-state index in [-0.39, 0.29) is 17.1 Å². The fourth-order valence-electron chi connectivity index (χ4n) is 2.20. The van der Waals surface area contributed by atoms with E-state index in [0.717, 1.165) is 25.1 Å². The Bertz CT molecular complexity index is 436. The highest BCUT2D eigenvalue weighted by atomic mass is 32.2. The predicted molar refractivity (Wildman–Crippen MR) is 75.6 cm³/mol. The predicted octanol–water partition coefficient (Wildman–Crippen LogP) is 0.934. The van der Waals surface area contributed by atoms with E-state index in [0.29, 0.717) is 5.75 Å². The van der Waals surface area contributed by atoms with E-state index < -0.39 is 0 Å². The molecule has 19 heavy (non-hydrogen) atoms. The summed E-state index contributed by atoms with van der Waals surface area (Å²) in [5, 5.41) is 0.0465. The number of benzene rings is 1. The number of amides is 1. The van der Waals surface area contributed by atoms with Gasteiger partial charge in [0.1, 0.15) is 11.2 Å². The molecular weight excluding hydrogens is 263 g/mol. The maximum atomic E-state index is 12.9. The van der Waals surface area contributed by atoms with Crippen molar-refractivity contribution in [3.05, 3.63) is 35.6 Å². The molecule has 1 aromatic carbocycles. The van der Waals surface area contributed by atoms with Gasteiger partial charge in [-0.3, -0.25) is 4.79 Å². The van der Waals surface area contributed by atoms with Crippen LogP contribution in [0.5, 0.6) is 0 Å². The fourth-order valence-corrected chi connectivity index (χ4v) is 3.42. The van der Waals surface area contributed by atoms with E-state index in [2.05, 4.69) is 14.1 Å². The number of nitrogens with zero attached hydrogens (tertiary/aromatic N) is 1. The van der Waals surface area contributed by atoms with Crippen molar-refractivity contribution in [3.8, 4) is 0 Å². The molecule has 0 radical (unpaired) electrons. The summed E-state index contributed by atoms with van der Waals surface area (Å²) in [7, 11) is 4.22. The fraction of sp³-hybridized carbons (Fsp3) is 0.500. The van der Waals surface area contributed by atoms with Crippen LogP contribution in [0, 0.1) is 5.82 Å². The van der Waals surface area contributed by atoms with Gasteiger partial charge >= 0.3 is 0 Å². The minimum absolute atomic E-state index is 0.0465. The number of hydrogen-bond donors (Lipinski definition) is 1. The third kappa shape index (κ3) is 3.70. The van der Waals surface area contributed by atoms with Crippen LogP contribution in [0.4, 0.5) is 4.39 Å². The summed E-state index contributed by atoms with van der Waals surface area (Å²) in [6.07, 6.45) is 0.992. The van der Waals surface area contributed by atoms with Gasteiger partial charge in [-0.25, -0.2) is 4.39 Å². The number of hydrogen-bond acceptors (Lipinski definition) is 2. The normalized spacial score (nSPS) is 19.5. The molecular formula is C14H20FN2OS+. The summed E-state index contributed by atoms with van der Waals surface area (Å²) >= 11 is 1.62. The molecule has 1 heterocycles. The molecule has 1 atom stereocenters. The third-order valence-corrected chi connectivity index (χ3v) is 4.46. The third-order valence-electron chi connectivity index (χ3n) is 3.20. The number of rotatable bonds is 5. The molecule has 0 bridgehead atoms. The maximum absolute atomic E-state index is 12.9. The van der Waals surface area contributed by atoms with Crippen LogP contribution in [0.3, 0.4) is 0 Å². The van der Waals surface area contributed by atoms with Crippen molar-refractivity contribution in [1.82, 2.24) is 4.90 Å². The molecule has 5 heteroatoms. The van der Waals surface area contributed by atoms with E-state index >= 15 is 0 Å². The van der Waals surface area contributed by atoms with Crippen LogP contribution in [0.25, 0.3) is 0 Å². The van der Waals surface area contributed by atoms with Crippen molar-refractivity contribution >= 4 is 17.7 Å². The minimum Gasteiger partial charge on any atom is -0.340 e. The Balaban J connectivity index is 2.02. The Kier molecular flexibility index (Phi) is 4.82. The first-order valence-electron chi connectivity index (χ1n) is 6.53. The smallest absolute Gasteiger partial charge is 0.233 e. The van der Waals surface area contributed by atoms with Gasteiger partial charge in [-0.1, -0.05) is 12.1 Å². The first kappa shape index (κ1) is 14.3. The molecule has 0 aromatic heterocycles. The zero-order valence-corrected chi connectivity index (χ0v) is 12.2. The largest absolute Gasteiger partial charge is 0.340 e. The van der Waals surface area contributed by atoms with E-state index in [1.165, 1.54) is 17.0 Å². The number of nitrogens with one attached hydrogen (secondary N) is 1. The molecule has 2 rings (SSSR count). The van der Waals surface area contributed by atoms with Gasteiger partial charge in [-0.15, -0.1) is 11.8 Å². The molecule has 104 valence electrons.